The molecule has 37 heavy (non-hydrogen) atoms. The minimum Gasteiger partial charge on any atom is -0.369 e. The van der Waals surface area contributed by atoms with Gasteiger partial charge in [-0.1, -0.05) is 25.6 Å². The van der Waals surface area contributed by atoms with Crippen LogP contribution in [0.4, 0.5) is 27.4 Å². The second-order valence-corrected chi connectivity index (χ2v) is 8.92. The third-order valence-electron chi connectivity index (χ3n) is 6.61. The maximum atomic E-state index is 15.1. The predicted molar refractivity (Wildman–Crippen MR) is 148 cm³/mol. The van der Waals surface area contributed by atoms with Gasteiger partial charge < -0.3 is 20.4 Å². The highest BCUT2D eigenvalue weighted by molar-refractivity contribution is 6.00. The average molecular weight is 497 g/mol. The van der Waals surface area contributed by atoms with Crippen molar-refractivity contribution < 1.29 is 9.18 Å². The van der Waals surface area contributed by atoms with Crippen LogP contribution in [0, 0.1) is 5.82 Å². The van der Waals surface area contributed by atoms with E-state index < -0.39 is 5.82 Å². The monoisotopic (exact) mass is 496 g/mol. The topological polar surface area (TPSA) is 73.4 Å². The average Bonchev–Trinajstić information content (AvgIpc) is 2.93. The molecule has 1 amide bonds. The highest BCUT2D eigenvalue weighted by Gasteiger charge is 2.16. The molecular formula is C29H29FN6O. The summed E-state index contributed by atoms with van der Waals surface area (Å²) in [4.78, 5) is 25.7. The Bertz CT molecular complexity index is 1430. The zero-order valence-corrected chi connectivity index (χ0v) is 20.7. The number of piperazine rings is 1. The van der Waals surface area contributed by atoms with Crippen molar-refractivity contribution in [3.05, 3.63) is 85.3 Å². The molecule has 0 radical (unpaired) electrons. The van der Waals surface area contributed by atoms with Gasteiger partial charge in [-0.2, -0.15) is 0 Å². The highest BCUT2D eigenvalue weighted by Crippen LogP contribution is 2.32. The van der Waals surface area contributed by atoms with Crippen molar-refractivity contribution >= 4 is 39.8 Å². The van der Waals surface area contributed by atoms with E-state index in [0.29, 0.717) is 33.7 Å². The molecule has 1 saturated heterocycles. The van der Waals surface area contributed by atoms with Crippen LogP contribution in [0.1, 0.15) is 6.92 Å². The van der Waals surface area contributed by atoms with Crippen LogP contribution in [0.2, 0.25) is 0 Å². The molecule has 1 aliphatic rings. The highest BCUT2D eigenvalue weighted by atomic mass is 19.1. The molecule has 0 spiro atoms. The number of hydrogen-bond acceptors (Lipinski definition) is 6. The van der Waals surface area contributed by atoms with Gasteiger partial charge in [0.2, 0.25) is 11.9 Å². The minimum atomic E-state index is -0.406. The van der Waals surface area contributed by atoms with Crippen LogP contribution in [0.15, 0.2) is 79.5 Å². The normalized spacial score (nSPS) is 13.9. The number of likely N-dealkylation sites (N-methyl/N-ethyl adjacent to an activating group) is 1. The first kappa shape index (κ1) is 24.4. The number of carbonyl (C=O) groups excluding carboxylic acids is 1. The van der Waals surface area contributed by atoms with E-state index in [1.165, 1.54) is 17.8 Å². The fourth-order valence-corrected chi connectivity index (χ4v) is 4.56. The van der Waals surface area contributed by atoms with Gasteiger partial charge in [0.15, 0.2) is 0 Å². The molecular weight excluding hydrogens is 467 g/mol. The van der Waals surface area contributed by atoms with Crippen LogP contribution < -0.4 is 15.5 Å². The molecule has 8 heteroatoms. The SMILES string of the molecule is C=CC(=O)Nc1cccc(-c2c(F)ccc3cnc(Nc4ccc(N5CCN(CC)CC5)cc4)nc23)c1. The number of halogens is 1. The van der Waals surface area contributed by atoms with E-state index in [1.54, 1.807) is 36.5 Å². The van der Waals surface area contributed by atoms with Crippen LogP contribution in [0.25, 0.3) is 22.0 Å². The van der Waals surface area contributed by atoms with Gasteiger partial charge in [0.1, 0.15) is 5.82 Å². The lowest BCUT2D eigenvalue weighted by Crippen LogP contribution is -2.46. The second-order valence-electron chi connectivity index (χ2n) is 8.92. The van der Waals surface area contributed by atoms with Crippen molar-refractivity contribution in [3.8, 4) is 11.1 Å². The van der Waals surface area contributed by atoms with Gasteiger partial charge in [0, 0.05) is 60.4 Å². The number of rotatable bonds is 7. The Morgan fingerprint density at radius 1 is 1.05 bits per heavy atom. The van der Waals surface area contributed by atoms with Crippen LogP contribution in [-0.4, -0.2) is 53.5 Å². The van der Waals surface area contributed by atoms with Crippen molar-refractivity contribution in [3.63, 3.8) is 0 Å². The van der Waals surface area contributed by atoms with Crippen molar-refractivity contribution in [1.82, 2.24) is 14.9 Å². The molecule has 0 unspecified atom stereocenters. The number of nitrogens with one attached hydrogen (secondary N) is 2. The van der Waals surface area contributed by atoms with Crippen LogP contribution in [0.3, 0.4) is 0 Å². The standard InChI is InChI=1S/C29H29FN6O/c1-3-26(37)32-23-7-5-6-20(18-23)27-25(30)13-8-21-19-31-29(34-28(21)27)33-22-9-11-24(12-10-22)36-16-14-35(4-2)15-17-36/h3,5-13,18-19H,1,4,14-17H2,2H3,(H,32,37)(H,31,33,34). The molecule has 0 aliphatic carbocycles. The summed E-state index contributed by atoms with van der Waals surface area (Å²) in [5, 5.41) is 6.67. The van der Waals surface area contributed by atoms with Gasteiger partial charge >= 0.3 is 0 Å². The van der Waals surface area contributed by atoms with Crippen LogP contribution in [0.5, 0.6) is 0 Å². The molecule has 1 aliphatic heterocycles. The number of amides is 1. The lowest BCUT2D eigenvalue weighted by Gasteiger charge is -2.35. The summed E-state index contributed by atoms with van der Waals surface area (Å²) in [5.41, 5.74) is 4.01. The van der Waals surface area contributed by atoms with Crippen molar-refractivity contribution in [1.29, 1.82) is 0 Å². The van der Waals surface area contributed by atoms with E-state index in [9.17, 15) is 4.79 Å². The van der Waals surface area contributed by atoms with Gasteiger partial charge in [-0.05, 0) is 66.7 Å². The first-order valence-corrected chi connectivity index (χ1v) is 12.4. The lowest BCUT2D eigenvalue weighted by atomic mass is 10.0. The molecule has 7 nitrogen and oxygen atoms in total. The molecule has 0 atom stereocenters. The number of aromatic nitrogens is 2. The second kappa shape index (κ2) is 10.8. The molecule has 1 fully saturated rings. The van der Waals surface area contributed by atoms with Crippen LogP contribution >= 0.6 is 0 Å². The first-order chi connectivity index (χ1) is 18.0. The quantitative estimate of drug-likeness (QED) is 0.332. The van der Waals surface area contributed by atoms with E-state index in [-0.39, 0.29) is 5.91 Å². The smallest absolute Gasteiger partial charge is 0.247 e. The summed E-state index contributed by atoms with van der Waals surface area (Å²) in [6.45, 7) is 10.9. The van der Waals surface area contributed by atoms with Crippen molar-refractivity contribution in [2.24, 2.45) is 0 Å². The Kier molecular flexibility index (Phi) is 7.09. The molecule has 2 N–H and O–H groups in total. The minimum absolute atomic E-state index is 0.335. The number of nitrogens with zero attached hydrogens (tertiary/aromatic N) is 4. The van der Waals surface area contributed by atoms with E-state index in [1.807, 2.05) is 12.1 Å². The molecule has 0 saturated carbocycles. The maximum absolute atomic E-state index is 15.1. The molecule has 188 valence electrons. The van der Waals surface area contributed by atoms with Crippen molar-refractivity contribution in [2.75, 3.05) is 48.3 Å². The fourth-order valence-electron chi connectivity index (χ4n) is 4.56. The summed E-state index contributed by atoms with van der Waals surface area (Å²) in [7, 11) is 0. The lowest BCUT2D eigenvalue weighted by molar-refractivity contribution is -0.111. The van der Waals surface area contributed by atoms with Crippen LogP contribution in [-0.2, 0) is 4.79 Å². The van der Waals surface area contributed by atoms with Crippen molar-refractivity contribution in [2.45, 2.75) is 6.92 Å². The summed E-state index contributed by atoms with van der Waals surface area (Å²) in [6.07, 6.45) is 2.87. The summed E-state index contributed by atoms with van der Waals surface area (Å²) >= 11 is 0. The predicted octanol–water partition coefficient (Wildman–Crippen LogP) is 5.45. The maximum Gasteiger partial charge on any atom is 0.247 e. The zero-order chi connectivity index (χ0) is 25.8. The Labute approximate surface area is 215 Å². The molecule has 2 heterocycles. The van der Waals surface area contributed by atoms with Gasteiger partial charge in [0.05, 0.1) is 5.52 Å². The first-order valence-electron chi connectivity index (χ1n) is 12.4. The van der Waals surface area contributed by atoms with E-state index >= 15 is 4.39 Å². The number of anilines is 4. The van der Waals surface area contributed by atoms with E-state index in [2.05, 4.69) is 56.0 Å². The molecule has 0 bridgehead atoms. The number of fused-ring (bicyclic) bond motifs is 1. The van der Waals surface area contributed by atoms with E-state index in [4.69, 9.17) is 0 Å². The largest absolute Gasteiger partial charge is 0.369 e. The third kappa shape index (κ3) is 5.44. The number of carbonyl (C=O) groups is 1. The summed E-state index contributed by atoms with van der Waals surface area (Å²) < 4.78 is 15.1. The summed E-state index contributed by atoms with van der Waals surface area (Å²) in [6, 6.07) is 18.3. The number of benzene rings is 3. The molecule has 1 aromatic heterocycles. The molecule has 5 rings (SSSR count). The van der Waals surface area contributed by atoms with Gasteiger partial charge in [-0.15, -0.1) is 0 Å². The van der Waals surface area contributed by atoms with Gasteiger partial charge in [-0.25, -0.2) is 14.4 Å². The zero-order valence-electron chi connectivity index (χ0n) is 20.7. The molecule has 4 aromatic rings. The Morgan fingerprint density at radius 2 is 1.84 bits per heavy atom. The Morgan fingerprint density at radius 3 is 2.57 bits per heavy atom. The number of hydrogen-bond donors (Lipinski definition) is 2. The Hall–Kier alpha value is -4.30. The summed E-state index contributed by atoms with van der Waals surface area (Å²) in [5.74, 6) is -0.366. The van der Waals surface area contributed by atoms with E-state index in [0.717, 1.165) is 38.4 Å². The molecule has 3 aromatic carbocycles. The third-order valence-corrected chi connectivity index (χ3v) is 6.61. The fraction of sp³-hybridized carbons (Fsp3) is 0.207. The Balaban J connectivity index is 1.40. The van der Waals surface area contributed by atoms with Gasteiger partial charge in [0.25, 0.3) is 0 Å². The van der Waals surface area contributed by atoms with Gasteiger partial charge in [-0.3, -0.25) is 4.79 Å².